The van der Waals surface area contributed by atoms with Gasteiger partial charge in [0.2, 0.25) is 10.0 Å². The van der Waals surface area contributed by atoms with Crippen LogP contribution < -0.4 is 4.72 Å². The molecule has 1 aliphatic carbocycles. The van der Waals surface area contributed by atoms with Crippen molar-refractivity contribution >= 4 is 44.6 Å². The molecule has 1 aromatic heterocycles. The van der Waals surface area contributed by atoms with Crippen molar-refractivity contribution < 1.29 is 8.42 Å². The molecule has 0 saturated heterocycles. The molecule has 3 nitrogen and oxygen atoms in total. The molecule has 0 spiro atoms. The zero-order chi connectivity index (χ0) is 13.4. The molecule has 0 bridgehead atoms. The van der Waals surface area contributed by atoms with Crippen molar-refractivity contribution in [3.8, 4) is 0 Å². The van der Waals surface area contributed by atoms with Crippen LogP contribution in [-0.2, 0) is 10.0 Å². The lowest BCUT2D eigenvalue weighted by Crippen LogP contribution is -2.30. The number of rotatable bonds is 6. The third kappa shape index (κ3) is 3.20. The smallest absolute Gasteiger partial charge is 0.210 e. The first-order chi connectivity index (χ1) is 8.38. The van der Waals surface area contributed by atoms with Gasteiger partial charge in [0, 0.05) is 12.4 Å². The maximum atomic E-state index is 12.1. The predicted octanol–water partition coefficient (Wildman–Crippen LogP) is 3.40. The Morgan fingerprint density at radius 1 is 1.50 bits per heavy atom. The highest BCUT2D eigenvalue weighted by Gasteiger charge is 2.42. The van der Waals surface area contributed by atoms with Crippen LogP contribution in [0, 0.1) is 12.3 Å². The number of nitrogens with one attached hydrogen (secondary N) is 1. The van der Waals surface area contributed by atoms with Gasteiger partial charge in [0.25, 0.3) is 0 Å². The number of sulfonamides is 1. The molecule has 0 radical (unpaired) electrons. The van der Waals surface area contributed by atoms with Gasteiger partial charge in [0.05, 0.1) is 4.34 Å². The number of aryl methyl sites for hydroxylation is 1. The summed E-state index contributed by atoms with van der Waals surface area (Å²) in [4.78, 5) is 0. The molecule has 1 fully saturated rings. The molecule has 2 rings (SSSR count). The first-order valence-corrected chi connectivity index (χ1v) is 8.91. The highest BCUT2D eigenvalue weighted by atomic mass is 35.5. The van der Waals surface area contributed by atoms with E-state index in [4.69, 9.17) is 23.2 Å². The molecule has 0 amide bonds. The van der Waals surface area contributed by atoms with Crippen molar-refractivity contribution in [3.63, 3.8) is 0 Å². The van der Waals surface area contributed by atoms with Crippen LogP contribution in [0.1, 0.15) is 24.8 Å². The van der Waals surface area contributed by atoms with Crippen molar-refractivity contribution in [2.75, 3.05) is 12.4 Å². The van der Waals surface area contributed by atoms with Gasteiger partial charge in [0.1, 0.15) is 4.21 Å². The third-order valence-corrected chi connectivity index (χ3v) is 6.94. The van der Waals surface area contributed by atoms with E-state index in [2.05, 4.69) is 4.72 Å². The van der Waals surface area contributed by atoms with Gasteiger partial charge in [-0.1, -0.05) is 11.6 Å². The molecule has 1 N–H and O–H groups in total. The number of halogens is 2. The predicted molar refractivity (Wildman–Crippen MR) is 76.3 cm³/mol. The lowest BCUT2D eigenvalue weighted by atomic mass is 10.1. The summed E-state index contributed by atoms with van der Waals surface area (Å²) in [6.45, 7) is 2.27. The van der Waals surface area contributed by atoms with Crippen LogP contribution in [0.2, 0.25) is 4.34 Å². The van der Waals surface area contributed by atoms with Crippen LogP contribution in [0.5, 0.6) is 0 Å². The Morgan fingerprint density at radius 3 is 2.61 bits per heavy atom. The van der Waals surface area contributed by atoms with E-state index in [1.165, 1.54) is 0 Å². The average molecular weight is 328 g/mol. The molecular formula is C11H15Cl2NO2S2. The van der Waals surface area contributed by atoms with Gasteiger partial charge in [0.15, 0.2) is 0 Å². The summed E-state index contributed by atoms with van der Waals surface area (Å²) in [5.41, 5.74) is 0.884. The normalized spacial score (nSPS) is 17.9. The van der Waals surface area contributed by atoms with Gasteiger partial charge in [-0.15, -0.1) is 22.9 Å². The van der Waals surface area contributed by atoms with Crippen LogP contribution in [0.15, 0.2) is 10.3 Å². The van der Waals surface area contributed by atoms with Gasteiger partial charge < -0.3 is 0 Å². The lowest BCUT2D eigenvalue weighted by molar-refractivity contribution is 0.478. The molecular weight excluding hydrogens is 313 g/mol. The van der Waals surface area contributed by atoms with E-state index in [1.54, 1.807) is 13.0 Å². The van der Waals surface area contributed by atoms with E-state index < -0.39 is 10.0 Å². The SMILES string of the molecule is Cc1cc(S(=O)(=O)NCC2(CCCl)CC2)sc1Cl. The van der Waals surface area contributed by atoms with E-state index in [9.17, 15) is 8.42 Å². The summed E-state index contributed by atoms with van der Waals surface area (Å²) < 4.78 is 27.6. The highest BCUT2D eigenvalue weighted by Crippen LogP contribution is 2.48. The second kappa shape index (κ2) is 5.29. The van der Waals surface area contributed by atoms with Crippen LogP contribution >= 0.6 is 34.5 Å². The molecule has 1 saturated carbocycles. The Labute approximate surface area is 122 Å². The standard InChI is InChI=1S/C11H15Cl2NO2S2/c1-8-6-9(17-10(8)13)18(15,16)14-7-11(2-3-11)4-5-12/h6,14H,2-5,7H2,1H3. The summed E-state index contributed by atoms with van der Waals surface area (Å²) >= 11 is 12.7. The number of alkyl halides is 1. The van der Waals surface area contributed by atoms with Crippen molar-refractivity contribution in [1.82, 2.24) is 4.72 Å². The summed E-state index contributed by atoms with van der Waals surface area (Å²) in [5.74, 6) is 0.575. The second-order valence-corrected chi connectivity index (χ2v) is 8.81. The number of hydrogen-bond acceptors (Lipinski definition) is 3. The molecule has 0 aliphatic heterocycles. The van der Waals surface area contributed by atoms with Gasteiger partial charge in [-0.2, -0.15) is 0 Å². The molecule has 0 atom stereocenters. The topological polar surface area (TPSA) is 46.2 Å². The monoisotopic (exact) mass is 327 g/mol. The van der Waals surface area contributed by atoms with Crippen LogP contribution in [0.4, 0.5) is 0 Å². The molecule has 1 heterocycles. The molecule has 102 valence electrons. The van der Waals surface area contributed by atoms with E-state index in [1.807, 2.05) is 0 Å². The summed E-state index contributed by atoms with van der Waals surface area (Å²) in [6, 6.07) is 1.61. The quantitative estimate of drug-likeness (QED) is 0.814. The highest BCUT2D eigenvalue weighted by molar-refractivity contribution is 7.91. The zero-order valence-electron chi connectivity index (χ0n) is 10.0. The molecule has 7 heteroatoms. The minimum absolute atomic E-state index is 0.0882. The molecule has 18 heavy (non-hydrogen) atoms. The summed E-state index contributed by atoms with van der Waals surface area (Å²) in [7, 11) is -3.43. The van der Waals surface area contributed by atoms with Gasteiger partial charge in [-0.3, -0.25) is 0 Å². The Bertz CT molecular complexity index is 516. The molecule has 1 aromatic rings. The first kappa shape index (κ1) is 14.6. The number of thiophene rings is 1. The fourth-order valence-corrected chi connectivity index (χ4v) is 5.09. The van der Waals surface area contributed by atoms with E-state index in [0.29, 0.717) is 16.8 Å². The molecule has 0 unspecified atom stereocenters. The Morgan fingerprint density at radius 2 is 2.17 bits per heavy atom. The van der Waals surface area contributed by atoms with Crippen molar-refractivity contribution in [2.24, 2.45) is 5.41 Å². The number of hydrogen-bond donors (Lipinski definition) is 1. The summed E-state index contributed by atoms with van der Waals surface area (Å²) in [6.07, 6.45) is 2.96. The zero-order valence-corrected chi connectivity index (χ0v) is 13.1. The Hall–Kier alpha value is 0.190. The Kier molecular flexibility index (Phi) is 4.29. The lowest BCUT2D eigenvalue weighted by Gasteiger charge is -2.13. The van der Waals surface area contributed by atoms with Crippen molar-refractivity contribution in [2.45, 2.75) is 30.4 Å². The maximum absolute atomic E-state index is 12.1. The molecule has 1 aliphatic rings. The minimum atomic E-state index is -3.43. The van der Waals surface area contributed by atoms with Gasteiger partial charge in [-0.25, -0.2) is 13.1 Å². The average Bonchev–Trinajstić information content (AvgIpc) is 2.98. The van der Waals surface area contributed by atoms with Crippen LogP contribution in [0.25, 0.3) is 0 Å². The van der Waals surface area contributed by atoms with Crippen molar-refractivity contribution in [1.29, 1.82) is 0 Å². The van der Waals surface area contributed by atoms with Crippen LogP contribution in [0.3, 0.4) is 0 Å². The first-order valence-electron chi connectivity index (χ1n) is 5.70. The second-order valence-electron chi connectivity index (χ2n) is 4.79. The van der Waals surface area contributed by atoms with Gasteiger partial charge in [-0.05, 0) is 43.2 Å². The third-order valence-electron chi connectivity index (χ3n) is 3.32. The van der Waals surface area contributed by atoms with E-state index >= 15 is 0 Å². The largest absolute Gasteiger partial charge is 0.250 e. The minimum Gasteiger partial charge on any atom is -0.210 e. The van der Waals surface area contributed by atoms with Crippen LogP contribution in [-0.4, -0.2) is 20.8 Å². The fourth-order valence-electron chi connectivity index (χ4n) is 1.78. The van der Waals surface area contributed by atoms with Crippen molar-refractivity contribution in [3.05, 3.63) is 16.0 Å². The Balaban J connectivity index is 2.04. The molecule has 0 aromatic carbocycles. The summed E-state index contributed by atoms with van der Waals surface area (Å²) in [5, 5.41) is 0. The fraction of sp³-hybridized carbons (Fsp3) is 0.636. The maximum Gasteiger partial charge on any atom is 0.250 e. The van der Waals surface area contributed by atoms with E-state index in [-0.39, 0.29) is 9.62 Å². The van der Waals surface area contributed by atoms with E-state index in [0.717, 1.165) is 36.2 Å². The van der Waals surface area contributed by atoms with Gasteiger partial charge >= 0.3 is 0 Å².